The molecule has 0 saturated heterocycles. The van der Waals surface area contributed by atoms with Crippen molar-refractivity contribution in [1.82, 2.24) is 0 Å². The van der Waals surface area contributed by atoms with Crippen LogP contribution in [0.1, 0.15) is 19.8 Å². The fraction of sp³-hybridized carbons (Fsp3) is 0.600. The molecular weight excluding hydrogens is 228 g/mol. The molecule has 0 aliphatic rings. The number of carboxylic acid groups (broad SMARTS) is 1. The van der Waals surface area contributed by atoms with Gasteiger partial charge in [-0.05, 0) is 6.92 Å². The van der Waals surface area contributed by atoms with Gasteiger partial charge in [0.2, 0.25) is 0 Å². The zero-order valence-corrected chi connectivity index (χ0v) is 9.51. The van der Waals surface area contributed by atoms with Gasteiger partial charge < -0.3 is 14.6 Å². The number of hydrogen-bond acceptors (Lipinski definition) is 6. The largest absolute Gasteiger partial charge is 0.480 e. The van der Waals surface area contributed by atoms with E-state index in [9.17, 15) is 9.59 Å². The molecule has 1 N–H and O–H groups in total. The predicted octanol–water partition coefficient (Wildman–Crippen LogP) is 0.464. The average Bonchev–Trinajstić information content (AvgIpc) is 2.25. The molecule has 0 bridgehead atoms. The fourth-order valence-corrected chi connectivity index (χ4v) is 0.542. The second-order valence-electron chi connectivity index (χ2n) is 2.48. The van der Waals surface area contributed by atoms with Crippen molar-refractivity contribution in [2.75, 3.05) is 19.8 Å². The van der Waals surface area contributed by atoms with Gasteiger partial charge in [-0.3, -0.25) is 9.59 Å². The Kier molecular flexibility index (Phi) is 14.1. The van der Waals surface area contributed by atoms with Gasteiger partial charge in [0, 0.05) is 6.61 Å². The van der Waals surface area contributed by atoms with Crippen LogP contribution in [0.2, 0.25) is 0 Å². The Balaban J connectivity index is 0. The number of rotatable bonds is 6. The van der Waals surface area contributed by atoms with Crippen LogP contribution in [0.4, 0.5) is 0 Å². The lowest BCUT2D eigenvalue weighted by Crippen LogP contribution is -2.09. The van der Waals surface area contributed by atoms with Gasteiger partial charge in [0.05, 0.1) is 18.7 Å². The highest BCUT2D eigenvalue weighted by molar-refractivity contribution is 5.71. The molecule has 0 rings (SSSR count). The Morgan fingerprint density at radius 2 is 1.76 bits per heavy atom. The minimum Gasteiger partial charge on any atom is -0.480 e. The number of esters is 1. The summed E-state index contributed by atoms with van der Waals surface area (Å²) in [6.45, 7) is 3.09. The van der Waals surface area contributed by atoms with E-state index >= 15 is 0 Å². The van der Waals surface area contributed by atoms with E-state index in [1.807, 2.05) is 6.92 Å². The number of hydrogen-bond donors (Lipinski definition) is 1. The van der Waals surface area contributed by atoms with E-state index < -0.39 is 18.4 Å². The summed E-state index contributed by atoms with van der Waals surface area (Å²) in [5.41, 5.74) is 0. The van der Waals surface area contributed by atoms with Crippen molar-refractivity contribution >= 4 is 11.9 Å². The minimum absolute atomic E-state index is 0.188. The number of ether oxygens (including phenoxy) is 2. The van der Waals surface area contributed by atoms with Crippen LogP contribution in [0.15, 0.2) is 0 Å². The van der Waals surface area contributed by atoms with Crippen LogP contribution in [0.5, 0.6) is 0 Å². The molecule has 0 saturated carbocycles. The minimum atomic E-state index is -1.07. The van der Waals surface area contributed by atoms with E-state index in [0.717, 1.165) is 0 Å². The summed E-state index contributed by atoms with van der Waals surface area (Å²) in [5.74, 6) is -1.57. The normalized spacial score (nSPS) is 7.94. The second kappa shape index (κ2) is 13.9. The van der Waals surface area contributed by atoms with Gasteiger partial charge in [-0.1, -0.05) is 0 Å². The number of nitrogens with zero attached hydrogens (tertiary/aromatic N) is 2. The summed E-state index contributed by atoms with van der Waals surface area (Å²) in [7, 11) is 0. The van der Waals surface area contributed by atoms with E-state index in [0.29, 0.717) is 13.2 Å². The highest BCUT2D eigenvalue weighted by Crippen LogP contribution is 1.84. The zero-order valence-electron chi connectivity index (χ0n) is 9.51. The summed E-state index contributed by atoms with van der Waals surface area (Å²) in [4.78, 5) is 19.9. The van der Waals surface area contributed by atoms with E-state index in [1.54, 1.807) is 6.07 Å². The summed E-state index contributed by atoms with van der Waals surface area (Å²) in [6, 6.07) is 3.16. The molecular formula is C10H14N2O5. The van der Waals surface area contributed by atoms with Crippen molar-refractivity contribution in [2.24, 2.45) is 0 Å². The molecule has 0 unspecified atom stereocenters. The molecule has 7 nitrogen and oxygen atoms in total. The number of aliphatic carboxylic acids is 1. The third-order valence-corrected chi connectivity index (χ3v) is 1.15. The highest BCUT2D eigenvalue weighted by Gasteiger charge is 1.99. The maximum absolute atomic E-state index is 10.5. The van der Waals surface area contributed by atoms with Crippen LogP contribution < -0.4 is 0 Å². The van der Waals surface area contributed by atoms with Gasteiger partial charge in [-0.25, -0.2) is 0 Å². The van der Waals surface area contributed by atoms with Gasteiger partial charge in [0.1, 0.15) is 19.4 Å². The Hall–Kier alpha value is -2.12. The number of carbonyl (C=O) groups excluding carboxylic acids is 1. The standard InChI is InChI=1S/C7H11NO3.C3H3NO2/c1-2-10-5-6-11-7(9)3-4-8;4-2-1-3(5)6/h2-3,5-6H2,1H3;1H2,(H,5,6). The molecule has 0 aromatic rings. The van der Waals surface area contributed by atoms with Gasteiger partial charge in [0.15, 0.2) is 0 Å². The SMILES string of the molecule is CCOCCOC(=O)CC#N.N#CCC(=O)O. The molecule has 0 spiro atoms. The fourth-order valence-electron chi connectivity index (χ4n) is 0.542. The maximum atomic E-state index is 10.5. The van der Waals surface area contributed by atoms with Crippen molar-refractivity contribution in [3.05, 3.63) is 0 Å². The maximum Gasteiger partial charge on any atom is 0.320 e. The molecule has 0 radical (unpaired) electrons. The lowest BCUT2D eigenvalue weighted by atomic mass is 10.5. The Bertz CT molecular complexity index is 303. The number of nitriles is 2. The quantitative estimate of drug-likeness (QED) is 0.530. The van der Waals surface area contributed by atoms with E-state index in [-0.39, 0.29) is 13.0 Å². The van der Waals surface area contributed by atoms with Crippen molar-refractivity contribution in [3.63, 3.8) is 0 Å². The average molecular weight is 242 g/mol. The van der Waals surface area contributed by atoms with Crippen molar-refractivity contribution < 1.29 is 24.2 Å². The lowest BCUT2D eigenvalue weighted by Gasteiger charge is -2.01. The third kappa shape index (κ3) is 20.1. The molecule has 0 fully saturated rings. The smallest absolute Gasteiger partial charge is 0.320 e. The van der Waals surface area contributed by atoms with Crippen LogP contribution >= 0.6 is 0 Å². The molecule has 0 aromatic carbocycles. The summed E-state index contributed by atoms with van der Waals surface area (Å²) in [6.07, 6.45) is -0.591. The summed E-state index contributed by atoms with van der Waals surface area (Å²) < 4.78 is 9.50. The van der Waals surface area contributed by atoms with E-state index in [2.05, 4.69) is 4.74 Å². The first-order valence-corrected chi connectivity index (χ1v) is 4.77. The molecule has 0 heterocycles. The first-order chi connectivity index (χ1) is 8.08. The van der Waals surface area contributed by atoms with Crippen molar-refractivity contribution in [3.8, 4) is 12.1 Å². The molecule has 0 aromatic heterocycles. The third-order valence-electron chi connectivity index (χ3n) is 1.15. The Labute approximate surface area is 99.2 Å². The molecule has 0 amide bonds. The predicted molar refractivity (Wildman–Crippen MR) is 55.5 cm³/mol. The van der Waals surface area contributed by atoms with E-state index in [4.69, 9.17) is 20.4 Å². The monoisotopic (exact) mass is 242 g/mol. The Morgan fingerprint density at radius 3 is 2.12 bits per heavy atom. The Morgan fingerprint density at radius 1 is 1.18 bits per heavy atom. The van der Waals surface area contributed by atoms with Crippen molar-refractivity contribution in [1.29, 1.82) is 10.5 Å². The van der Waals surface area contributed by atoms with Gasteiger partial charge in [-0.2, -0.15) is 10.5 Å². The molecule has 0 atom stereocenters. The van der Waals surface area contributed by atoms with Crippen LogP contribution in [-0.4, -0.2) is 36.9 Å². The zero-order chi connectivity index (χ0) is 13.5. The van der Waals surface area contributed by atoms with E-state index in [1.165, 1.54) is 6.07 Å². The van der Waals surface area contributed by atoms with Gasteiger partial charge >= 0.3 is 11.9 Å². The molecule has 0 aliphatic heterocycles. The van der Waals surface area contributed by atoms with Crippen LogP contribution in [-0.2, 0) is 19.1 Å². The topological polar surface area (TPSA) is 120 Å². The first kappa shape index (κ1) is 17.3. The summed E-state index contributed by atoms with van der Waals surface area (Å²) in [5, 5.41) is 23.4. The molecule has 0 aliphatic carbocycles. The number of carbonyl (C=O) groups is 2. The second-order valence-corrected chi connectivity index (χ2v) is 2.48. The number of carboxylic acids is 1. The summed E-state index contributed by atoms with van der Waals surface area (Å²) >= 11 is 0. The van der Waals surface area contributed by atoms with Crippen LogP contribution in [0.25, 0.3) is 0 Å². The van der Waals surface area contributed by atoms with Gasteiger partial charge in [-0.15, -0.1) is 0 Å². The van der Waals surface area contributed by atoms with Gasteiger partial charge in [0.25, 0.3) is 0 Å². The molecule has 7 heteroatoms. The highest BCUT2D eigenvalue weighted by atomic mass is 16.6. The first-order valence-electron chi connectivity index (χ1n) is 4.77. The van der Waals surface area contributed by atoms with Crippen molar-refractivity contribution in [2.45, 2.75) is 19.8 Å². The lowest BCUT2D eigenvalue weighted by molar-refractivity contribution is -0.144. The van der Waals surface area contributed by atoms with Crippen LogP contribution in [0.3, 0.4) is 0 Å². The van der Waals surface area contributed by atoms with Crippen LogP contribution in [0, 0.1) is 22.7 Å². The molecule has 17 heavy (non-hydrogen) atoms. The molecule has 94 valence electrons.